The lowest BCUT2D eigenvalue weighted by Crippen LogP contribution is -2.46. The molecule has 0 spiro atoms. The fourth-order valence-corrected chi connectivity index (χ4v) is 1.69. The molecule has 5 nitrogen and oxygen atoms in total. The van der Waals surface area contributed by atoms with Crippen LogP contribution in [-0.2, 0) is 4.79 Å². The predicted octanol–water partition coefficient (Wildman–Crippen LogP) is 1.31. The average molecular weight is 246 g/mol. The summed E-state index contributed by atoms with van der Waals surface area (Å²) in [6, 6.07) is 3.27. The zero-order valence-electron chi connectivity index (χ0n) is 11.1. The van der Waals surface area contributed by atoms with E-state index in [1.807, 2.05) is 39.8 Å². The van der Waals surface area contributed by atoms with E-state index in [1.54, 1.807) is 6.20 Å². The molecule has 2 rings (SSSR count). The predicted molar refractivity (Wildman–Crippen MR) is 70.2 cm³/mol. The molecule has 1 atom stereocenters. The SMILES string of the molecule is Cc1ccc(C2N=C(NC(C)(C)C)NC2=O)cn1. The number of aliphatic imine (C=N–C) groups is 1. The molecular weight excluding hydrogens is 228 g/mol. The van der Waals surface area contributed by atoms with Crippen LogP contribution in [0.5, 0.6) is 0 Å². The molecular formula is C13H18N4O. The number of guanidine groups is 1. The third-order valence-electron chi connectivity index (χ3n) is 2.49. The Hall–Kier alpha value is -1.91. The van der Waals surface area contributed by atoms with Gasteiger partial charge in [-0.05, 0) is 33.8 Å². The Morgan fingerprint density at radius 1 is 1.33 bits per heavy atom. The van der Waals surface area contributed by atoms with E-state index in [2.05, 4.69) is 20.6 Å². The van der Waals surface area contributed by atoms with Crippen molar-refractivity contribution in [3.05, 3.63) is 29.6 Å². The quantitative estimate of drug-likeness (QED) is 0.785. The van der Waals surface area contributed by atoms with Crippen LogP contribution < -0.4 is 10.6 Å². The number of aryl methyl sites for hydroxylation is 1. The van der Waals surface area contributed by atoms with Crippen LogP contribution in [-0.4, -0.2) is 22.4 Å². The fourth-order valence-electron chi connectivity index (χ4n) is 1.69. The van der Waals surface area contributed by atoms with Gasteiger partial charge in [0.1, 0.15) is 0 Å². The molecule has 0 aromatic carbocycles. The Morgan fingerprint density at radius 3 is 2.61 bits per heavy atom. The lowest BCUT2D eigenvalue weighted by atomic mass is 10.1. The summed E-state index contributed by atoms with van der Waals surface area (Å²) in [6.07, 6.45) is 1.70. The van der Waals surface area contributed by atoms with Gasteiger partial charge in [0, 0.05) is 23.0 Å². The highest BCUT2D eigenvalue weighted by molar-refractivity contribution is 6.05. The van der Waals surface area contributed by atoms with Crippen molar-refractivity contribution in [2.24, 2.45) is 4.99 Å². The number of nitrogens with one attached hydrogen (secondary N) is 2. The molecule has 0 saturated carbocycles. The Morgan fingerprint density at radius 2 is 2.06 bits per heavy atom. The van der Waals surface area contributed by atoms with Gasteiger partial charge in [-0.2, -0.15) is 0 Å². The van der Waals surface area contributed by atoms with Crippen molar-refractivity contribution < 1.29 is 4.79 Å². The molecule has 96 valence electrons. The van der Waals surface area contributed by atoms with E-state index in [0.29, 0.717) is 5.96 Å². The van der Waals surface area contributed by atoms with E-state index in [0.717, 1.165) is 11.3 Å². The van der Waals surface area contributed by atoms with E-state index in [9.17, 15) is 4.79 Å². The molecule has 2 N–H and O–H groups in total. The standard InChI is InChI=1S/C13H18N4O/c1-8-5-6-9(7-14-8)10-11(18)16-12(15-10)17-13(2,3)4/h5-7,10H,1-4H3,(H2,15,16,17,18). The van der Waals surface area contributed by atoms with Gasteiger partial charge in [-0.3, -0.25) is 15.1 Å². The van der Waals surface area contributed by atoms with Crippen LogP contribution in [0.1, 0.15) is 38.1 Å². The summed E-state index contributed by atoms with van der Waals surface area (Å²) in [5.41, 5.74) is 1.60. The molecule has 0 radical (unpaired) electrons. The number of pyridine rings is 1. The van der Waals surface area contributed by atoms with Gasteiger partial charge in [0.2, 0.25) is 0 Å². The van der Waals surface area contributed by atoms with Crippen LogP contribution in [0.2, 0.25) is 0 Å². The third kappa shape index (κ3) is 2.85. The molecule has 18 heavy (non-hydrogen) atoms. The van der Waals surface area contributed by atoms with Gasteiger partial charge in [-0.15, -0.1) is 0 Å². The highest BCUT2D eigenvalue weighted by Gasteiger charge is 2.29. The van der Waals surface area contributed by atoms with Crippen LogP contribution in [0, 0.1) is 6.92 Å². The zero-order valence-corrected chi connectivity index (χ0v) is 11.1. The van der Waals surface area contributed by atoms with E-state index in [1.165, 1.54) is 0 Å². The first-order valence-electron chi connectivity index (χ1n) is 5.94. The van der Waals surface area contributed by atoms with Crippen LogP contribution in [0.15, 0.2) is 23.3 Å². The molecule has 0 bridgehead atoms. The Kier molecular flexibility index (Phi) is 3.07. The Bertz CT molecular complexity index is 485. The van der Waals surface area contributed by atoms with E-state index in [4.69, 9.17) is 0 Å². The number of rotatable bonds is 1. The maximum Gasteiger partial charge on any atom is 0.256 e. The van der Waals surface area contributed by atoms with Crippen molar-refractivity contribution in [3.8, 4) is 0 Å². The first-order chi connectivity index (χ1) is 8.35. The fraction of sp³-hybridized carbons (Fsp3) is 0.462. The summed E-state index contributed by atoms with van der Waals surface area (Å²) in [7, 11) is 0. The summed E-state index contributed by atoms with van der Waals surface area (Å²) in [5.74, 6) is 0.408. The first-order valence-corrected chi connectivity index (χ1v) is 5.94. The molecule has 1 aliphatic heterocycles. The second-order valence-electron chi connectivity index (χ2n) is 5.48. The molecule has 0 aliphatic carbocycles. The number of nitrogens with zero attached hydrogens (tertiary/aromatic N) is 2. The summed E-state index contributed by atoms with van der Waals surface area (Å²) >= 11 is 0. The van der Waals surface area contributed by atoms with Crippen molar-refractivity contribution in [2.45, 2.75) is 39.3 Å². The van der Waals surface area contributed by atoms with Crippen molar-refractivity contribution in [2.75, 3.05) is 0 Å². The van der Waals surface area contributed by atoms with Gasteiger partial charge in [0.25, 0.3) is 5.91 Å². The number of hydrogen-bond acceptors (Lipinski definition) is 4. The molecule has 1 aromatic rings. The van der Waals surface area contributed by atoms with E-state index >= 15 is 0 Å². The van der Waals surface area contributed by atoms with Crippen molar-refractivity contribution in [1.29, 1.82) is 0 Å². The summed E-state index contributed by atoms with van der Waals surface area (Å²) in [5, 5.41) is 5.90. The second-order valence-corrected chi connectivity index (χ2v) is 5.48. The largest absolute Gasteiger partial charge is 0.351 e. The number of aromatic nitrogens is 1. The highest BCUT2D eigenvalue weighted by atomic mass is 16.2. The van der Waals surface area contributed by atoms with Gasteiger partial charge in [0.15, 0.2) is 12.0 Å². The van der Waals surface area contributed by atoms with Crippen LogP contribution in [0.25, 0.3) is 0 Å². The normalized spacial score (nSPS) is 19.4. The number of hydrogen-bond donors (Lipinski definition) is 2. The monoisotopic (exact) mass is 246 g/mol. The van der Waals surface area contributed by atoms with E-state index in [-0.39, 0.29) is 11.4 Å². The summed E-state index contributed by atoms with van der Waals surface area (Å²) in [6.45, 7) is 7.96. The average Bonchev–Trinajstić information content (AvgIpc) is 2.58. The zero-order chi connectivity index (χ0) is 13.3. The topological polar surface area (TPSA) is 66.4 Å². The number of carbonyl (C=O) groups is 1. The van der Waals surface area contributed by atoms with Gasteiger partial charge in [-0.25, -0.2) is 4.99 Å². The van der Waals surface area contributed by atoms with Crippen molar-refractivity contribution >= 4 is 11.9 Å². The van der Waals surface area contributed by atoms with Gasteiger partial charge >= 0.3 is 0 Å². The lowest BCUT2D eigenvalue weighted by Gasteiger charge is -2.21. The Balaban J connectivity index is 2.19. The van der Waals surface area contributed by atoms with Crippen LogP contribution in [0.4, 0.5) is 0 Å². The molecule has 1 amide bonds. The van der Waals surface area contributed by atoms with Gasteiger partial charge in [0.05, 0.1) is 0 Å². The maximum absolute atomic E-state index is 11.9. The minimum Gasteiger partial charge on any atom is -0.351 e. The van der Waals surface area contributed by atoms with E-state index < -0.39 is 6.04 Å². The Labute approximate surface area is 107 Å². The molecule has 0 fully saturated rings. The molecule has 0 saturated heterocycles. The van der Waals surface area contributed by atoms with Crippen molar-refractivity contribution in [3.63, 3.8) is 0 Å². The number of amides is 1. The molecule has 1 aromatic heterocycles. The molecule has 5 heteroatoms. The highest BCUT2D eigenvalue weighted by Crippen LogP contribution is 2.20. The summed E-state index contributed by atoms with van der Waals surface area (Å²) in [4.78, 5) is 20.4. The molecule has 2 heterocycles. The lowest BCUT2D eigenvalue weighted by molar-refractivity contribution is -0.120. The van der Waals surface area contributed by atoms with Gasteiger partial charge in [-0.1, -0.05) is 6.07 Å². The summed E-state index contributed by atoms with van der Waals surface area (Å²) < 4.78 is 0. The number of carbonyl (C=O) groups excluding carboxylic acids is 1. The second kappa shape index (κ2) is 4.40. The van der Waals surface area contributed by atoms with Crippen molar-refractivity contribution in [1.82, 2.24) is 15.6 Å². The first kappa shape index (κ1) is 12.5. The maximum atomic E-state index is 11.9. The molecule has 1 unspecified atom stereocenters. The minimum atomic E-state index is -0.497. The van der Waals surface area contributed by atoms with Gasteiger partial charge < -0.3 is 5.32 Å². The molecule has 1 aliphatic rings. The van der Waals surface area contributed by atoms with Crippen LogP contribution in [0.3, 0.4) is 0 Å². The minimum absolute atomic E-state index is 0.118. The third-order valence-corrected chi connectivity index (χ3v) is 2.49. The smallest absolute Gasteiger partial charge is 0.256 e. The van der Waals surface area contributed by atoms with Crippen LogP contribution >= 0.6 is 0 Å².